The van der Waals surface area contributed by atoms with Gasteiger partial charge in [0.25, 0.3) is 0 Å². The van der Waals surface area contributed by atoms with Gasteiger partial charge in [0.05, 0.1) is 0 Å². The van der Waals surface area contributed by atoms with Gasteiger partial charge in [-0.25, -0.2) is 8.78 Å². The number of rotatable bonds is 0. The van der Waals surface area contributed by atoms with Gasteiger partial charge < -0.3 is 0 Å². The SMILES string of the molecule is C=C=C1C=CC(F)=CC1F. The van der Waals surface area contributed by atoms with E-state index in [9.17, 15) is 8.78 Å². The Labute approximate surface area is 57.9 Å². The van der Waals surface area contributed by atoms with Crippen molar-refractivity contribution in [3.63, 3.8) is 0 Å². The highest BCUT2D eigenvalue weighted by atomic mass is 19.1. The molecule has 0 radical (unpaired) electrons. The van der Waals surface area contributed by atoms with Gasteiger partial charge in [0.2, 0.25) is 0 Å². The predicted octanol–water partition coefficient (Wildman–Crippen LogP) is 2.46. The van der Waals surface area contributed by atoms with Crippen LogP contribution in [0.5, 0.6) is 0 Å². The molecular formula is C8H6F2. The second kappa shape index (κ2) is 2.63. The Bertz CT molecular complexity index is 242. The number of alkyl halides is 1. The topological polar surface area (TPSA) is 0 Å². The standard InChI is InChI=1S/C8H6F2/c1-2-6-3-4-7(9)5-8(6)10/h3-5,8H,1H2. The summed E-state index contributed by atoms with van der Waals surface area (Å²) in [6.07, 6.45) is 2.01. The van der Waals surface area contributed by atoms with Gasteiger partial charge in [0.1, 0.15) is 5.83 Å². The summed E-state index contributed by atoms with van der Waals surface area (Å²) in [6, 6.07) is 0. The zero-order chi connectivity index (χ0) is 7.56. The summed E-state index contributed by atoms with van der Waals surface area (Å²) >= 11 is 0. The van der Waals surface area contributed by atoms with E-state index in [-0.39, 0.29) is 5.57 Å². The molecule has 1 atom stereocenters. The van der Waals surface area contributed by atoms with Crippen LogP contribution in [0.3, 0.4) is 0 Å². The van der Waals surface area contributed by atoms with Crippen molar-refractivity contribution in [2.75, 3.05) is 0 Å². The molecule has 0 aromatic rings. The minimum absolute atomic E-state index is 0.279. The molecule has 1 rings (SSSR count). The van der Waals surface area contributed by atoms with E-state index >= 15 is 0 Å². The van der Waals surface area contributed by atoms with Crippen LogP contribution in [0.4, 0.5) is 8.78 Å². The van der Waals surface area contributed by atoms with Crippen molar-refractivity contribution in [1.82, 2.24) is 0 Å². The van der Waals surface area contributed by atoms with Crippen molar-refractivity contribution in [2.24, 2.45) is 0 Å². The molecule has 1 aliphatic carbocycles. The van der Waals surface area contributed by atoms with Gasteiger partial charge in [-0.05, 0) is 18.2 Å². The van der Waals surface area contributed by atoms with Crippen molar-refractivity contribution >= 4 is 0 Å². The Morgan fingerprint density at radius 3 is 2.70 bits per heavy atom. The van der Waals surface area contributed by atoms with Crippen molar-refractivity contribution in [2.45, 2.75) is 6.17 Å². The molecule has 1 aliphatic rings. The molecule has 0 N–H and O–H groups in total. The van der Waals surface area contributed by atoms with Gasteiger partial charge in [0.15, 0.2) is 6.17 Å². The maximum Gasteiger partial charge on any atom is 0.154 e. The second-order valence-electron chi connectivity index (χ2n) is 1.92. The molecular weight excluding hydrogens is 134 g/mol. The van der Waals surface area contributed by atoms with E-state index in [2.05, 4.69) is 12.3 Å². The Hall–Kier alpha value is -1.14. The Morgan fingerprint density at radius 1 is 1.50 bits per heavy atom. The predicted molar refractivity (Wildman–Crippen MR) is 35.9 cm³/mol. The lowest BCUT2D eigenvalue weighted by atomic mass is 10.1. The fourth-order valence-corrected chi connectivity index (χ4v) is 0.703. The van der Waals surface area contributed by atoms with E-state index in [4.69, 9.17) is 0 Å². The molecule has 0 saturated carbocycles. The summed E-state index contributed by atoms with van der Waals surface area (Å²) in [5.74, 6) is -0.550. The molecule has 0 aromatic heterocycles. The Kier molecular flexibility index (Phi) is 1.83. The van der Waals surface area contributed by atoms with E-state index in [1.54, 1.807) is 0 Å². The third-order valence-electron chi connectivity index (χ3n) is 1.23. The van der Waals surface area contributed by atoms with Crippen molar-refractivity contribution in [1.29, 1.82) is 0 Å². The monoisotopic (exact) mass is 140 g/mol. The molecule has 10 heavy (non-hydrogen) atoms. The van der Waals surface area contributed by atoms with Gasteiger partial charge in [0, 0.05) is 5.57 Å². The number of hydrogen-bond acceptors (Lipinski definition) is 0. The largest absolute Gasteiger partial charge is 0.237 e. The minimum atomic E-state index is -1.39. The second-order valence-corrected chi connectivity index (χ2v) is 1.92. The van der Waals surface area contributed by atoms with Crippen LogP contribution in [0.25, 0.3) is 0 Å². The quantitative estimate of drug-likeness (QED) is 0.453. The van der Waals surface area contributed by atoms with Gasteiger partial charge in [-0.15, -0.1) is 5.73 Å². The van der Waals surface area contributed by atoms with Crippen LogP contribution >= 0.6 is 0 Å². The summed E-state index contributed by atoms with van der Waals surface area (Å²) in [4.78, 5) is 0. The van der Waals surface area contributed by atoms with Crippen molar-refractivity contribution in [3.05, 3.63) is 41.9 Å². The molecule has 0 nitrogen and oxygen atoms in total. The highest BCUT2D eigenvalue weighted by molar-refractivity contribution is 5.36. The van der Waals surface area contributed by atoms with Crippen molar-refractivity contribution in [3.8, 4) is 0 Å². The first-order valence-electron chi connectivity index (χ1n) is 2.83. The maximum absolute atomic E-state index is 12.6. The molecule has 0 aromatic carbocycles. The average Bonchev–Trinajstić information content (AvgIpc) is 1.88. The normalized spacial score (nSPS) is 24.0. The molecule has 2 heteroatoms. The van der Waals surface area contributed by atoms with Crippen LogP contribution in [0, 0.1) is 0 Å². The molecule has 0 aliphatic heterocycles. The first kappa shape index (κ1) is 6.97. The molecule has 0 heterocycles. The average molecular weight is 140 g/mol. The zero-order valence-corrected chi connectivity index (χ0v) is 5.27. The van der Waals surface area contributed by atoms with Gasteiger partial charge in [-0.2, -0.15) is 0 Å². The Morgan fingerprint density at radius 2 is 2.20 bits per heavy atom. The molecule has 0 amide bonds. The summed E-state index contributed by atoms with van der Waals surface area (Å²) in [5, 5.41) is 0. The molecule has 1 unspecified atom stereocenters. The van der Waals surface area contributed by atoms with E-state index in [1.165, 1.54) is 12.2 Å². The first-order chi connectivity index (χ1) is 4.74. The van der Waals surface area contributed by atoms with E-state index in [1.807, 2.05) is 0 Å². The van der Waals surface area contributed by atoms with E-state index in [0.29, 0.717) is 0 Å². The molecule has 0 bridgehead atoms. The first-order valence-corrected chi connectivity index (χ1v) is 2.83. The number of hydrogen-bond donors (Lipinski definition) is 0. The van der Waals surface area contributed by atoms with E-state index < -0.39 is 12.0 Å². The summed E-state index contributed by atoms with van der Waals surface area (Å²) in [7, 11) is 0. The van der Waals surface area contributed by atoms with Crippen LogP contribution in [0.1, 0.15) is 0 Å². The molecule has 0 saturated heterocycles. The van der Waals surface area contributed by atoms with Crippen LogP contribution in [0.15, 0.2) is 41.9 Å². The number of allylic oxidation sites excluding steroid dienone is 5. The van der Waals surface area contributed by atoms with Crippen LogP contribution < -0.4 is 0 Å². The Balaban J connectivity index is 2.95. The number of halogens is 2. The summed E-state index contributed by atoms with van der Waals surface area (Å²) < 4.78 is 24.8. The highest BCUT2D eigenvalue weighted by Gasteiger charge is 2.11. The van der Waals surface area contributed by atoms with E-state index in [0.717, 1.165) is 6.08 Å². The van der Waals surface area contributed by atoms with Crippen LogP contribution in [-0.2, 0) is 0 Å². The van der Waals surface area contributed by atoms with Crippen molar-refractivity contribution < 1.29 is 8.78 Å². The summed E-state index contributed by atoms with van der Waals surface area (Å²) in [6.45, 7) is 3.25. The summed E-state index contributed by atoms with van der Waals surface area (Å²) in [5.41, 5.74) is 2.65. The maximum atomic E-state index is 12.6. The lowest BCUT2D eigenvalue weighted by molar-refractivity contribution is 0.444. The van der Waals surface area contributed by atoms with Gasteiger partial charge in [-0.3, -0.25) is 0 Å². The lowest BCUT2D eigenvalue weighted by Crippen LogP contribution is -2.01. The molecule has 52 valence electrons. The minimum Gasteiger partial charge on any atom is -0.237 e. The van der Waals surface area contributed by atoms with Gasteiger partial charge >= 0.3 is 0 Å². The third kappa shape index (κ3) is 1.23. The smallest absolute Gasteiger partial charge is 0.154 e. The lowest BCUT2D eigenvalue weighted by Gasteiger charge is -2.05. The molecule has 0 spiro atoms. The fourth-order valence-electron chi connectivity index (χ4n) is 0.703. The fraction of sp³-hybridized carbons (Fsp3) is 0.125. The van der Waals surface area contributed by atoms with Crippen LogP contribution in [0.2, 0.25) is 0 Å². The highest BCUT2D eigenvalue weighted by Crippen LogP contribution is 2.18. The van der Waals surface area contributed by atoms with Crippen LogP contribution in [-0.4, -0.2) is 6.17 Å². The molecule has 0 fully saturated rings. The van der Waals surface area contributed by atoms with Gasteiger partial charge in [-0.1, -0.05) is 6.58 Å². The third-order valence-corrected chi connectivity index (χ3v) is 1.23. The zero-order valence-electron chi connectivity index (χ0n) is 5.27.